The zero-order valence-corrected chi connectivity index (χ0v) is 10.3. The molecule has 16 heavy (non-hydrogen) atoms. The molecule has 2 rings (SSSR count). The molecule has 2 fully saturated rings. The van der Waals surface area contributed by atoms with Gasteiger partial charge < -0.3 is 18.9 Å². The molecular formula is C11H19ClO4. The molecule has 1 aliphatic heterocycles. The summed E-state index contributed by atoms with van der Waals surface area (Å²) in [6.45, 7) is 2.68. The third-order valence-corrected chi connectivity index (χ3v) is 3.46. The third-order valence-electron chi connectivity index (χ3n) is 3.03. The van der Waals surface area contributed by atoms with Crippen molar-refractivity contribution in [1.29, 1.82) is 0 Å². The average Bonchev–Trinajstić information content (AvgIpc) is 2.76. The molecule has 0 aromatic rings. The van der Waals surface area contributed by atoms with Gasteiger partial charge in [0.05, 0.1) is 37.4 Å². The van der Waals surface area contributed by atoms with Crippen LogP contribution in [-0.2, 0) is 18.9 Å². The molecule has 0 radical (unpaired) electrons. The molecule has 94 valence electrons. The molecule has 4 atom stereocenters. The van der Waals surface area contributed by atoms with E-state index in [-0.39, 0.29) is 23.7 Å². The van der Waals surface area contributed by atoms with Gasteiger partial charge in [-0.3, -0.25) is 0 Å². The molecule has 4 unspecified atom stereocenters. The molecule has 1 aliphatic carbocycles. The number of methoxy groups -OCH3 is 1. The van der Waals surface area contributed by atoms with E-state index in [1.165, 1.54) is 0 Å². The van der Waals surface area contributed by atoms with Crippen LogP contribution in [-0.4, -0.2) is 57.2 Å². The fourth-order valence-electron chi connectivity index (χ4n) is 2.01. The van der Waals surface area contributed by atoms with Gasteiger partial charge in [-0.1, -0.05) is 0 Å². The Labute approximate surface area is 101 Å². The number of halogens is 1. The molecule has 0 bridgehead atoms. The predicted octanol–water partition coefficient (Wildman–Crippen LogP) is 1.20. The van der Waals surface area contributed by atoms with Crippen molar-refractivity contribution in [3.05, 3.63) is 0 Å². The quantitative estimate of drug-likeness (QED) is 0.525. The van der Waals surface area contributed by atoms with Crippen LogP contribution in [0.2, 0.25) is 0 Å². The van der Waals surface area contributed by atoms with E-state index in [0.29, 0.717) is 19.8 Å². The van der Waals surface area contributed by atoms with Crippen molar-refractivity contribution >= 4 is 11.6 Å². The Hall–Kier alpha value is 0.130. The summed E-state index contributed by atoms with van der Waals surface area (Å²) in [5, 5.41) is 0.0733. The number of rotatable bonds is 6. The van der Waals surface area contributed by atoms with Gasteiger partial charge >= 0.3 is 0 Å². The van der Waals surface area contributed by atoms with Crippen molar-refractivity contribution in [2.24, 2.45) is 0 Å². The number of alkyl halides is 1. The maximum Gasteiger partial charge on any atom is 0.100 e. The predicted molar refractivity (Wildman–Crippen MR) is 60.0 cm³/mol. The molecule has 5 heteroatoms. The zero-order chi connectivity index (χ0) is 11.4. The van der Waals surface area contributed by atoms with Crippen LogP contribution in [0.5, 0.6) is 0 Å². The second kappa shape index (κ2) is 6.17. The van der Waals surface area contributed by atoms with Crippen LogP contribution < -0.4 is 0 Å². The van der Waals surface area contributed by atoms with Gasteiger partial charge in [0, 0.05) is 13.7 Å². The Bertz CT molecular complexity index is 208. The second-order valence-electron chi connectivity index (χ2n) is 4.24. The Morgan fingerprint density at radius 2 is 2.25 bits per heavy atom. The summed E-state index contributed by atoms with van der Waals surface area (Å²) in [5.74, 6) is 0. The topological polar surface area (TPSA) is 36.9 Å². The molecule has 0 spiro atoms. The normalized spacial score (nSPS) is 38.6. The van der Waals surface area contributed by atoms with Gasteiger partial charge in [-0.05, 0) is 12.8 Å². The molecule has 1 saturated heterocycles. The lowest BCUT2D eigenvalue weighted by Crippen LogP contribution is -2.52. The molecular weight excluding hydrogens is 232 g/mol. The maximum absolute atomic E-state index is 6.10. The van der Waals surface area contributed by atoms with Gasteiger partial charge in [-0.15, -0.1) is 11.6 Å². The largest absolute Gasteiger partial charge is 0.382 e. The fourth-order valence-corrected chi connectivity index (χ4v) is 2.42. The molecule has 1 saturated carbocycles. The van der Waals surface area contributed by atoms with E-state index in [9.17, 15) is 0 Å². The van der Waals surface area contributed by atoms with E-state index in [0.717, 1.165) is 19.4 Å². The van der Waals surface area contributed by atoms with Gasteiger partial charge in [-0.25, -0.2) is 0 Å². The van der Waals surface area contributed by atoms with Crippen LogP contribution in [0.15, 0.2) is 0 Å². The van der Waals surface area contributed by atoms with Gasteiger partial charge in [0.15, 0.2) is 0 Å². The van der Waals surface area contributed by atoms with Gasteiger partial charge in [0.1, 0.15) is 6.10 Å². The van der Waals surface area contributed by atoms with E-state index in [1.54, 1.807) is 7.11 Å². The second-order valence-corrected chi connectivity index (χ2v) is 4.80. The first-order valence-corrected chi connectivity index (χ1v) is 6.22. The highest BCUT2D eigenvalue weighted by molar-refractivity contribution is 6.21. The summed E-state index contributed by atoms with van der Waals surface area (Å²) in [6.07, 6.45) is 2.22. The summed E-state index contributed by atoms with van der Waals surface area (Å²) in [7, 11) is 1.66. The van der Waals surface area contributed by atoms with Gasteiger partial charge in [0.25, 0.3) is 0 Å². The Morgan fingerprint density at radius 3 is 2.88 bits per heavy atom. The van der Waals surface area contributed by atoms with E-state index in [4.69, 9.17) is 30.5 Å². The SMILES string of the molecule is COCCOC1C(Cl)CC1OC1CCOC1. The Kier molecular flexibility index (Phi) is 4.85. The van der Waals surface area contributed by atoms with Crippen LogP contribution in [0.4, 0.5) is 0 Å². The molecule has 1 heterocycles. The molecule has 0 amide bonds. The standard InChI is InChI=1S/C11H19ClO4/c1-13-4-5-15-11-9(12)6-10(11)16-8-2-3-14-7-8/h8-11H,2-7H2,1H3. The zero-order valence-electron chi connectivity index (χ0n) is 9.56. The minimum Gasteiger partial charge on any atom is -0.382 e. The van der Waals surface area contributed by atoms with E-state index >= 15 is 0 Å². The van der Waals surface area contributed by atoms with Gasteiger partial charge in [-0.2, -0.15) is 0 Å². The summed E-state index contributed by atoms with van der Waals surface area (Å²) < 4.78 is 21.7. The summed E-state index contributed by atoms with van der Waals surface area (Å²) in [5.41, 5.74) is 0. The van der Waals surface area contributed by atoms with E-state index in [1.807, 2.05) is 0 Å². The minimum absolute atomic E-state index is 0.0115. The van der Waals surface area contributed by atoms with Crippen molar-refractivity contribution in [1.82, 2.24) is 0 Å². The average molecular weight is 251 g/mol. The lowest BCUT2D eigenvalue weighted by Gasteiger charge is -2.41. The fraction of sp³-hybridized carbons (Fsp3) is 1.00. The summed E-state index contributed by atoms with van der Waals surface area (Å²) in [6, 6.07) is 0. The molecule has 0 aromatic heterocycles. The van der Waals surface area contributed by atoms with Crippen LogP contribution >= 0.6 is 11.6 Å². The van der Waals surface area contributed by atoms with E-state index < -0.39 is 0 Å². The molecule has 2 aliphatic rings. The highest BCUT2D eigenvalue weighted by Crippen LogP contribution is 2.33. The number of hydrogen-bond donors (Lipinski definition) is 0. The van der Waals surface area contributed by atoms with E-state index in [2.05, 4.69) is 0 Å². The van der Waals surface area contributed by atoms with Crippen molar-refractivity contribution in [3.63, 3.8) is 0 Å². The summed E-state index contributed by atoms with van der Waals surface area (Å²) in [4.78, 5) is 0. The number of hydrogen-bond acceptors (Lipinski definition) is 4. The van der Waals surface area contributed by atoms with Crippen molar-refractivity contribution in [3.8, 4) is 0 Å². The van der Waals surface area contributed by atoms with Crippen molar-refractivity contribution in [2.75, 3.05) is 33.5 Å². The van der Waals surface area contributed by atoms with Gasteiger partial charge in [0.2, 0.25) is 0 Å². The van der Waals surface area contributed by atoms with Crippen LogP contribution in [0.25, 0.3) is 0 Å². The van der Waals surface area contributed by atoms with Crippen molar-refractivity contribution in [2.45, 2.75) is 36.5 Å². The monoisotopic (exact) mass is 250 g/mol. The van der Waals surface area contributed by atoms with Crippen molar-refractivity contribution < 1.29 is 18.9 Å². The Balaban J connectivity index is 1.68. The smallest absolute Gasteiger partial charge is 0.100 e. The lowest BCUT2D eigenvalue weighted by atomic mass is 9.90. The lowest BCUT2D eigenvalue weighted by molar-refractivity contribution is -0.151. The first-order valence-electron chi connectivity index (χ1n) is 5.79. The molecule has 0 N–H and O–H groups in total. The minimum atomic E-state index is 0.0115. The highest BCUT2D eigenvalue weighted by Gasteiger charge is 2.43. The first kappa shape index (κ1) is 12.6. The summed E-state index contributed by atoms with van der Waals surface area (Å²) >= 11 is 6.10. The van der Waals surface area contributed by atoms with Crippen LogP contribution in [0.1, 0.15) is 12.8 Å². The molecule has 4 nitrogen and oxygen atoms in total. The van der Waals surface area contributed by atoms with Crippen LogP contribution in [0.3, 0.4) is 0 Å². The molecule has 0 aromatic carbocycles. The highest BCUT2D eigenvalue weighted by atomic mass is 35.5. The maximum atomic E-state index is 6.10. The first-order chi connectivity index (χ1) is 7.81. The number of ether oxygens (including phenoxy) is 4. The van der Waals surface area contributed by atoms with Crippen LogP contribution in [0, 0.1) is 0 Å². The Morgan fingerprint density at radius 1 is 1.38 bits per heavy atom. The third kappa shape index (κ3) is 3.08.